The topological polar surface area (TPSA) is 17.8 Å². The second kappa shape index (κ2) is 4.20. The molecule has 0 bridgehead atoms. The van der Waals surface area contributed by atoms with Crippen LogP contribution in [0.4, 0.5) is 0 Å². The number of nitrogens with zero attached hydrogens (tertiary/aromatic N) is 2. The molecule has 0 saturated heterocycles. The summed E-state index contributed by atoms with van der Waals surface area (Å²) in [6, 6.07) is 23.1. The predicted octanol–water partition coefficient (Wildman–Crippen LogP) is 4.39. The van der Waals surface area contributed by atoms with E-state index in [0.717, 1.165) is 16.9 Å². The molecule has 2 nitrogen and oxygen atoms in total. The third kappa shape index (κ3) is 1.62. The van der Waals surface area contributed by atoms with Crippen molar-refractivity contribution >= 4 is 21.8 Å². The van der Waals surface area contributed by atoms with Gasteiger partial charge in [0.2, 0.25) is 0 Å². The van der Waals surface area contributed by atoms with Gasteiger partial charge in [-0.2, -0.15) is 0 Å². The number of aromatic nitrogens is 2. The van der Waals surface area contributed by atoms with Crippen molar-refractivity contribution < 1.29 is 0 Å². The molecule has 0 aliphatic rings. The minimum Gasteiger partial charge on any atom is -0.327 e. The van der Waals surface area contributed by atoms with E-state index in [2.05, 4.69) is 60.1 Å². The summed E-state index contributed by atoms with van der Waals surface area (Å²) >= 11 is 0. The van der Waals surface area contributed by atoms with Crippen LogP contribution in [0.15, 0.2) is 66.7 Å². The van der Waals surface area contributed by atoms with Gasteiger partial charge >= 0.3 is 0 Å². The predicted molar refractivity (Wildman–Crippen MR) is 83.7 cm³/mol. The van der Waals surface area contributed by atoms with Gasteiger partial charge in [0.05, 0.1) is 11.0 Å². The first-order chi connectivity index (χ1) is 9.83. The minimum absolute atomic E-state index is 1.01. The summed E-state index contributed by atoms with van der Waals surface area (Å²) in [5.41, 5.74) is 3.36. The van der Waals surface area contributed by atoms with Gasteiger partial charge < -0.3 is 4.57 Å². The molecule has 0 aliphatic heterocycles. The second-order valence-electron chi connectivity index (χ2n) is 5.05. The van der Waals surface area contributed by atoms with Crippen LogP contribution in [0.2, 0.25) is 0 Å². The summed E-state index contributed by atoms with van der Waals surface area (Å²) in [6.07, 6.45) is 0. The first-order valence-corrected chi connectivity index (χ1v) is 6.73. The highest BCUT2D eigenvalue weighted by molar-refractivity contribution is 5.96. The van der Waals surface area contributed by atoms with Crippen LogP contribution in [0.5, 0.6) is 0 Å². The van der Waals surface area contributed by atoms with E-state index in [-0.39, 0.29) is 0 Å². The Bertz CT molecular complexity index is 905. The highest BCUT2D eigenvalue weighted by atomic mass is 15.1. The molecule has 0 fully saturated rings. The number of imidazole rings is 1. The molecule has 0 unspecified atom stereocenters. The van der Waals surface area contributed by atoms with E-state index < -0.39 is 0 Å². The lowest BCUT2D eigenvalue weighted by molar-refractivity contribution is 0.960. The zero-order valence-corrected chi connectivity index (χ0v) is 11.2. The molecule has 4 aromatic rings. The summed E-state index contributed by atoms with van der Waals surface area (Å²) in [4.78, 5) is 4.80. The number of hydrogen-bond donors (Lipinski definition) is 0. The molecule has 0 saturated carbocycles. The fourth-order valence-corrected chi connectivity index (χ4v) is 2.72. The molecule has 0 spiro atoms. The van der Waals surface area contributed by atoms with Crippen molar-refractivity contribution in [3.63, 3.8) is 0 Å². The molecule has 0 aliphatic carbocycles. The molecule has 96 valence electrons. The van der Waals surface area contributed by atoms with Crippen LogP contribution < -0.4 is 0 Å². The van der Waals surface area contributed by atoms with E-state index in [1.165, 1.54) is 16.3 Å². The van der Waals surface area contributed by atoms with Crippen LogP contribution in [-0.2, 0) is 7.05 Å². The van der Waals surface area contributed by atoms with Crippen molar-refractivity contribution in [3.8, 4) is 11.4 Å². The van der Waals surface area contributed by atoms with E-state index in [4.69, 9.17) is 4.98 Å². The third-order valence-electron chi connectivity index (χ3n) is 3.78. The monoisotopic (exact) mass is 258 g/mol. The lowest BCUT2D eigenvalue weighted by Gasteiger charge is -2.02. The van der Waals surface area contributed by atoms with E-state index >= 15 is 0 Å². The Labute approximate surface area is 117 Å². The van der Waals surface area contributed by atoms with Crippen molar-refractivity contribution in [2.24, 2.45) is 7.05 Å². The second-order valence-corrected chi connectivity index (χ2v) is 5.05. The maximum atomic E-state index is 4.80. The van der Waals surface area contributed by atoms with E-state index in [9.17, 15) is 0 Å². The molecule has 20 heavy (non-hydrogen) atoms. The van der Waals surface area contributed by atoms with Crippen molar-refractivity contribution in [3.05, 3.63) is 66.7 Å². The maximum Gasteiger partial charge on any atom is 0.140 e. The van der Waals surface area contributed by atoms with Gasteiger partial charge in [-0.25, -0.2) is 4.98 Å². The van der Waals surface area contributed by atoms with Gasteiger partial charge in [-0.05, 0) is 22.9 Å². The van der Waals surface area contributed by atoms with Crippen molar-refractivity contribution in [1.82, 2.24) is 9.55 Å². The smallest absolute Gasteiger partial charge is 0.140 e. The first kappa shape index (κ1) is 11.2. The highest BCUT2D eigenvalue weighted by Gasteiger charge is 2.10. The SMILES string of the molecule is Cn1c(-c2ccccc2)nc2cc3ccccc3cc21. The Hall–Kier alpha value is -2.61. The lowest BCUT2D eigenvalue weighted by Crippen LogP contribution is -1.91. The fourth-order valence-electron chi connectivity index (χ4n) is 2.72. The van der Waals surface area contributed by atoms with Crippen LogP contribution in [0.25, 0.3) is 33.2 Å². The Balaban J connectivity index is 2.05. The number of benzene rings is 3. The number of fused-ring (bicyclic) bond motifs is 2. The van der Waals surface area contributed by atoms with Crippen LogP contribution in [-0.4, -0.2) is 9.55 Å². The van der Waals surface area contributed by atoms with E-state index in [0.29, 0.717) is 0 Å². The maximum absolute atomic E-state index is 4.80. The van der Waals surface area contributed by atoms with Gasteiger partial charge in [0.25, 0.3) is 0 Å². The Morgan fingerprint density at radius 2 is 1.45 bits per heavy atom. The molecule has 0 N–H and O–H groups in total. The normalized spacial score (nSPS) is 11.2. The molecule has 1 heterocycles. The van der Waals surface area contributed by atoms with Gasteiger partial charge in [0.15, 0.2) is 0 Å². The van der Waals surface area contributed by atoms with E-state index in [1.807, 2.05) is 18.2 Å². The van der Waals surface area contributed by atoms with E-state index in [1.54, 1.807) is 0 Å². The molecule has 0 amide bonds. The average Bonchev–Trinajstić information content (AvgIpc) is 2.83. The molecule has 1 aromatic heterocycles. The van der Waals surface area contributed by atoms with Crippen LogP contribution in [0, 0.1) is 0 Å². The largest absolute Gasteiger partial charge is 0.327 e. The summed E-state index contributed by atoms with van der Waals surface area (Å²) in [5.74, 6) is 1.01. The number of aryl methyl sites for hydroxylation is 1. The molecule has 4 rings (SSSR count). The van der Waals surface area contributed by atoms with Gasteiger partial charge in [-0.15, -0.1) is 0 Å². The van der Waals surface area contributed by atoms with Crippen molar-refractivity contribution in [2.45, 2.75) is 0 Å². The van der Waals surface area contributed by atoms with Crippen LogP contribution in [0.1, 0.15) is 0 Å². The zero-order chi connectivity index (χ0) is 13.5. The summed E-state index contributed by atoms with van der Waals surface area (Å²) in [6.45, 7) is 0. The Morgan fingerprint density at radius 1 is 0.800 bits per heavy atom. The van der Waals surface area contributed by atoms with Crippen molar-refractivity contribution in [1.29, 1.82) is 0 Å². The first-order valence-electron chi connectivity index (χ1n) is 6.73. The van der Waals surface area contributed by atoms with Gasteiger partial charge in [0.1, 0.15) is 5.82 Å². The van der Waals surface area contributed by atoms with Gasteiger partial charge in [-0.3, -0.25) is 0 Å². The Morgan fingerprint density at radius 3 is 2.20 bits per heavy atom. The zero-order valence-electron chi connectivity index (χ0n) is 11.2. The average molecular weight is 258 g/mol. The van der Waals surface area contributed by atoms with Crippen LogP contribution >= 0.6 is 0 Å². The standard InChI is InChI=1S/C18H14N2/c1-20-17-12-15-10-6-5-9-14(15)11-16(17)19-18(20)13-7-3-2-4-8-13/h2-12H,1H3. The number of hydrogen-bond acceptors (Lipinski definition) is 1. The summed E-state index contributed by atoms with van der Waals surface area (Å²) < 4.78 is 2.16. The lowest BCUT2D eigenvalue weighted by atomic mass is 10.1. The van der Waals surface area contributed by atoms with Gasteiger partial charge in [-0.1, -0.05) is 54.6 Å². The molecule has 0 radical (unpaired) electrons. The minimum atomic E-state index is 1.01. The van der Waals surface area contributed by atoms with Crippen LogP contribution in [0.3, 0.4) is 0 Å². The summed E-state index contributed by atoms with van der Waals surface area (Å²) in [5, 5.41) is 2.49. The molecule has 2 heteroatoms. The molecular weight excluding hydrogens is 244 g/mol. The quantitative estimate of drug-likeness (QED) is 0.495. The highest BCUT2D eigenvalue weighted by Crippen LogP contribution is 2.27. The molecule has 3 aromatic carbocycles. The van der Waals surface area contributed by atoms with Gasteiger partial charge in [0, 0.05) is 12.6 Å². The fraction of sp³-hybridized carbons (Fsp3) is 0.0556. The Kier molecular flexibility index (Phi) is 2.36. The number of rotatable bonds is 1. The molecular formula is C18H14N2. The third-order valence-corrected chi connectivity index (χ3v) is 3.78. The summed E-state index contributed by atoms with van der Waals surface area (Å²) in [7, 11) is 2.08. The molecule has 0 atom stereocenters. The van der Waals surface area contributed by atoms with Crippen molar-refractivity contribution in [2.75, 3.05) is 0 Å².